The van der Waals surface area contributed by atoms with Crippen molar-refractivity contribution in [1.82, 2.24) is 20.4 Å². The van der Waals surface area contributed by atoms with Crippen LogP contribution in [0, 0.1) is 12.8 Å². The minimum Gasteiger partial charge on any atom is -0.355 e. The molecule has 1 aliphatic heterocycles. The van der Waals surface area contributed by atoms with Crippen molar-refractivity contribution in [2.24, 2.45) is 5.92 Å². The van der Waals surface area contributed by atoms with Crippen molar-refractivity contribution in [1.29, 1.82) is 0 Å². The summed E-state index contributed by atoms with van der Waals surface area (Å²) in [7, 11) is 0. The summed E-state index contributed by atoms with van der Waals surface area (Å²) in [6.45, 7) is 3.83. The molecule has 1 amide bonds. The van der Waals surface area contributed by atoms with Crippen molar-refractivity contribution in [3.63, 3.8) is 0 Å². The molecule has 1 unspecified atom stereocenters. The summed E-state index contributed by atoms with van der Waals surface area (Å²) < 4.78 is 5.23. The van der Waals surface area contributed by atoms with Gasteiger partial charge in [0.25, 0.3) is 5.71 Å². The Morgan fingerprint density at radius 2 is 2.15 bits per heavy atom. The lowest BCUT2D eigenvalue weighted by molar-refractivity contribution is -0.125. The van der Waals surface area contributed by atoms with E-state index in [4.69, 9.17) is 16.1 Å². The number of hydrogen-bond acceptors (Lipinski definition) is 6. The van der Waals surface area contributed by atoms with Crippen LogP contribution in [0.1, 0.15) is 24.1 Å². The number of rotatable bonds is 4. The van der Waals surface area contributed by atoms with Crippen molar-refractivity contribution in [2.45, 2.75) is 26.3 Å². The predicted molar refractivity (Wildman–Crippen MR) is 103 cm³/mol. The fraction of sp³-hybridized carbons (Fsp3) is 0.368. The molecule has 3 aromatic rings. The third-order valence-corrected chi connectivity index (χ3v) is 5.15. The van der Waals surface area contributed by atoms with Crippen molar-refractivity contribution in [2.75, 3.05) is 18.0 Å². The molecular weight excluding hydrogens is 366 g/mol. The maximum atomic E-state index is 12.7. The van der Waals surface area contributed by atoms with Gasteiger partial charge in [-0.25, -0.2) is 4.98 Å². The molecule has 0 aliphatic carbocycles. The summed E-state index contributed by atoms with van der Waals surface area (Å²) in [5.74, 6) is 0.757. The van der Waals surface area contributed by atoms with E-state index in [0.717, 1.165) is 41.8 Å². The lowest BCUT2D eigenvalue weighted by atomic mass is 9.96. The lowest BCUT2D eigenvalue weighted by Gasteiger charge is -2.33. The Bertz CT molecular complexity index is 956. The molecule has 0 saturated carbocycles. The van der Waals surface area contributed by atoms with E-state index in [1.54, 1.807) is 0 Å². The second-order valence-corrected chi connectivity index (χ2v) is 7.21. The van der Waals surface area contributed by atoms with Crippen LogP contribution in [-0.2, 0) is 11.3 Å². The molecule has 3 heterocycles. The number of halogens is 1. The standard InChI is InChI=1S/C19H20ClN5O2/c1-12-16-17(22-11-23-19(16)27-24-12)25-8-2-3-14(10-25)18(26)21-9-13-4-6-15(20)7-5-13/h4-7,11,14H,2-3,8-10H2,1H3,(H,21,26). The van der Waals surface area contributed by atoms with Gasteiger partial charge in [0.1, 0.15) is 17.5 Å². The Morgan fingerprint density at radius 3 is 2.96 bits per heavy atom. The van der Waals surface area contributed by atoms with Gasteiger partial charge in [-0.3, -0.25) is 4.79 Å². The van der Waals surface area contributed by atoms with Crippen LogP contribution >= 0.6 is 11.6 Å². The van der Waals surface area contributed by atoms with Gasteiger partial charge in [-0.15, -0.1) is 0 Å². The molecule has 4 rings (SSSR count). The fourth-order valence-corrected chi connectivity index (χ4v) is 3.59. The monoisotopic (exact) mass is 385 g/mol. The molecule has 1 aliphatic rings. The highest BCUT2D eigenvalue weighted by molar-refractivity contribution is 6.30. The van der Waals surface area contributed by atoms with E-state index in [1.165, 1.54) is 6.33 Å². The van der Waals surface area contributed by atoms with Gasteiger partial charge in [0.2, 0.25) is 5.91 Å². The van der Waals surface area contributed by atoms with E-state index in [9.17, 15) is 4.79 Å². The zero-order chi connectivity index (χ0) is 18.8. The number of carbonyl (C=O) groups excluding carboxylic acids is 1. The second-order valence-electron chi connectivity index (χ2n) is 6.77. The molecule has 8 heteroatoms. The maximum Gasteiger partial charge on any atom is 0.263 e. The number of fused-ring (bicyclic) bond motifs is 1. The Hall–Kier alpha value is -2.67. The van der Waals surface area contributed by atoms with E-state index >= 15 is 0 Å². The van der Waals surface area contributed by atoms with Gasteiger partial charge in [-0.05, 0) is 37.5 Å². The molecule has 7 nitrogen and oxygen atoms in total. The van der Waals surface area contributed by atoms with Crippen LogP contribution in [0.15, 0.2) is 35.1 Å². The molecule has 0 radical (unpaired) electrons. The molecule has 1 aromatic carbocycles. The summed E-state index contributed by atoms with van der Waals surface area (Å²) in [6, 6.07) is 7.49. The van der Waals surface area contributed by atoms with E-state index in [1.807, 2.05) is 31.2 Å². The fourth-order valence-electron chi connectivity index (χ4n) is 3.46. The van der Waals surface area contributed by atoms with Gasteiger partial charge in [0.05, 0.1) is 11.6 Å². The number of benzene rings is 1. The zero-order valence-electron chi connectivity index (χ0n) is 15.0. The van der Waals surface area contributed by atoms with Gasteiger partial charge in [0, 0.05) is 24.7 Å². The number of carbonyl (C=O) groups is 1. The first-order valence-electron chi connectivity index (χ1n) is 8.96. The van der Waals surface area contributed by atoms with E-state index in [0.29, 0.717) is 23.8 Å². The third-order valence-electron chi connectivity index (χ3n) is 4.90. The Labute approximate surface area is 161 Å². The molecule has 1 fully saturated rings. The molecule has 2 aromatic heterocycles. The number of anilines is 1. The smallest absolute Gasteiger partial charge is 0.263 e. The number of aromatic nitrogens is 3. The van der Waals surface area contributed by atoms with Crippen LogP contribution in [-0.4, -0.2) is 34.1 Å². The summed E-state index contributed by atoms with van der Waals surface area (Å²) in [4.78, 5) is 23.4. The Balaban J connectivity index is 1.45. The lowest BCUT2D eigenvalue weighted by Crippen LogP contribution is -2.43. The number of amides is 1. The van der Waals surface area contributed by atoms with Crippen LogP contribution in [0.25, 0.3) is 11.1 Å². The van der Waals surface area contributed by atoms with Crippen LogP contribution in [0.5, 0.6) is 0 Å². The molecule has 0 spiro atoms. The van der Waals surface area contributed by atoms with Gasteiger partial charge in [0.15, 0.2) is 0 Å². The maximum absolute atomic E-state index is 12.7. The highest BCUT2D eigenvalue weighted by Gasteiger charge is 2.28. The number of nitrogens with one attached hydrogen (secondary N) is 1. The van der Waals surface area contributed by atoms with Gasteiger partial charge < -0.3 is 14.7 Å². The second kappa shape index (κ2) is 7.52. The van der Waals surface area contributed by atoms with Crippen molar-refractivity contribution < 1.29 is 9.32 Å². The minimum atomic E-state index is -0.0868. The van der Waals surface area contributed by atoms with Crippen molar-refractivity contribution in [3.8, 4) is 0 Å². The third kappa shape index (κ3) is 3.73. The van der Waals surface area contributed by atoms with Crippen LogP contribution < -0.4 is 10.2 Å². The highest BCUT2D eigenvalue weighted by atomic mass is 35.5. The van der Waals surface area contributed by atoms with Gasteiger partial charge in [-0.1, -0.05) is 28.9 Å². The molecule has 1 saturated heterocycles. The molecule has 1 atom stereocenters. The largest absolute Gasteiger partial charge is 0.355 e. The number of piperidine rings is 1. The van der Waals surface area contributed by atoms with Crippen LogP contribution in [0.3, 0.4) is 0 Å². The van der Waals surface area contributed by atoms with E-state index < -0.39 is 0 Å². The van der Waals surface area contributed by atoms with Gasteiger partial charge >= 0.3 is 0 Å². The first-order valence-corrected chi connectivity index (χ1v) is 9.33. The quantitative estimate of drug-likeness (QED) is 0.742. The first kappa shape index (κ1) is 17.7. The average Bonchev–Trinajstić information content (AvgIpc) is 3.08. The molecule has 1 N–H and O–H groups in total. The molecule has 140 valence electrons. The van der Waals surface area contributed by atoms with E-state index in [-0.39, 0.29) is 11.8 Å². The highest BCUT2D eigenvalue weighted by Crippen LogP contribution is 2.29. The van der Waals surface area contributed by atoms with Gasteiger partial charge in [-0.2, -0.15) is 4.98 Å². The first-order chi connectivity index (χ1) is 13.1. The number of hydrogen-bond donors (Lipinski definition) is 1. The molecular formula is C19H20ClN5O2. The number of aryl methyl sites for hydroxylation is 1. The van der Waals surface area contributed by atoms with Crippen LogP contribution in [0.4, 0.5) is 5.82 Å². The Kier molecular flexibility index (Phi) is 4.94. The van der Waals surface area contributed by atoms with Crippen molar-refractivity contribution in [3.05, 3.63) is 46.9 Å². The van der Waals surface area contributed by atoms with Crippen LogP contribution in [0.2, 0.25) is 5.02 Å². The van der Waals surface area contributed by atoms with E-state index in [2.05, 4.69) is 25.3 Å². The average molecular weight is 386 g/mol. The summed E-state index contributed by atoms with van der Waals surface area (Å²) in [6.07, 6.45) is 3.27. The summed E-state index contributed by atoms with van der Waals surface area (Å²) >= 11 is 5.90. The molecule has 0 bridgehead atoms. The zero-order valence-corrected chi connectivity index (χ0v) is 15.7. The predicted octanol–water partition coefficient (Wildman–Crippen LogP) is 3.11. The SMILES string of the molecule is Cc1noc2ncnc(N3CCCC(C(=O)NCc4ccc(Cl)cc4)C3)c12. The molecule has 27 heavy (non-hydrogen) atoms. The topological polar surface area (TPSA) is 84.2 Å². The summed E-state index contributed by atoms with van der Waals surface area (Å²) in [5.41, 5.74) is 2.26. The van der Waals surface area contributed by atoms with Crippen molar-refractivity contribution >= 4 is 34.4 Å². The number of nitrogens with zero attached hydrogens (tertiary/aromatic N) is 4. The summed E-state index contributed by atoms with van der Waals surface area (Å²) in [5, 5.41) is 8.52. The Morgan fingerprint density at radius 1 is 1.33 bits per heavy atom. The minimum absolute atomic E-state index is 0.0574. The normalized spacial score (nSPS) is 17.3.